The number of carbonyl (C=O) groups excluding carboxylic acids is 9. The minimum atomic E-state index is -3.69. The van der Waals surface area contributed by atoms with Crippen molar-refractivity contribution < 1.29 is 51.6 Å². The van der Waals surface area contributed by atoms with Gasteiger partial charge in [-0.15, -0.1) is 0 Å². The molecular weight excluding hydrogens is 1010 g/mol. The van der Waals surface area contributed by atoms with E-state index in [2.05, 4.69) is 54.8 Å². The maximum Gasteiger partial charge on any atom is 0.246 e. The summed E-state index contributed by atoms with van der Waals surface area (Å²) in [6.07, 6.45) is 8.08. The Morgan fingerprint density at radius 3 is 1.51 bits per heavy atom. The number of unbranched alkanes of at least 4 members (excludes halogenated alkanes) is 5. The summed E-state index contributed by atoms with van der Waals surface area (Å²) >= 11 is 0. The van der Waals surface area contributed by atoms with E-state index in [0.717, 1.165) is 42.7 Å². The molecule has 0 aliphatic carbocycles. The summed E-state index contributed by atoms with van der Waals surface area (Å²) in [7, 11) is 0.0999. The molecule has 22 nitrogen and oxygen atoms in total. The highest BCUT2D eigenvalue weighted by molar-refractivity contribution is 7.88. The molecule has 1 fully saturated rings. The Hall–Kier alpha value is -4.90. The average Bonchev–Trinajstić information content (AvgIpc) is 3.79. The van der Waals surface area contributed by atoms with E-state index < -0.39 is 104 Å². The molecule has 6 atom stereocenters. The molecule has 23 heteroatoms. The molecule has 0 unspecified atom stereocenters. The lowest BCUT2D eigenvalue weighted by molar-refractivity contribution is -0.139. The Bertz CT molecular complexity index is 2100. The summed E-state index contributed by atoms with van der Waals surface area (Å²) in [5.41, 5.74) is -4.68. The van der Waals surface area contributed by atoms with Gasteiger partial charge in [-0.2, -0.15) is 4.31 Å². The number of likely N-dealkylation sites (N-methyl/N-ethyl adjacent to an activating group) is 1. The topological polar surface area (TPSA) is 303 Å². The third kappa shape index (κ3) is 26.1. The molecule has 1 rings (SSSR count). The number of carbonyl (C=O) groups is 9. The summed E-state index contributed by atoms with van der Waals surface area (Å²) in [6.45, 7) is 24.8. The predicted octanol–water partition coefficient (Wildman–Crippen LogP) is 2.50. The lowest BCUT2D eigenvalue weighted by atomic mass is 9.96. The Balaban J connectivity index is 3.23. The van der Waals surface area contributed by atoms with E-state index in [9.17, 15) is 51.6 Å². The molecule has 1 heterocycles. The van der Waals surface area contributed by atoms with Gasteiger partial charge < -0.3 is 52.8 Å². The Morgan fingerprint density at radius 2 is 1.03 bits per heavy atom. The zero-order valence-corrected chi connectivity index (χ0v) is 50.6. The fourth-order valence-corrected chi connectivity index (χ4v) is 10.0. The molecule has 0 saturated carbocycles. The molecule has 0 spiro atoms. The lowest BCUT2D eigenvalue weighted by Gasteiger charge is -2.34. The molecule has 0 aromatic rings. The van der Waals surface area contributed by atoms with Gasteiger partial charge in [0.25, 0.3) is 0 Å². The summed E-state index contributed by atoms with van der Waals surface area (Å²) in [6, 6.07) is -5.62. The summed E-state index contributed by atoms with van der Waals surface area (Å²) in [4.78, 5) is 125. The van der Waals surface area contributed by atoms with Crippen molar-refractivity contribution in [2.24, 2.45) is 17.8 Å². The van der Waals surface area contributed by atoms with Gasteiger partial charge in [-0.25, -0.2) is 8.42 Å². The van der Waals surface area contributed by atoms with Crippen molar-refractivity contribution in [1.82, 2.24) is 57.1 Å². The summed E-state index contributed by atoms with van der Waals surface area (Å²) < 4.78 is 26.1. The van der Waals surface area contributed by atoms with Crippen LogP contribution in [-0.4, -0.2) is 164 Å². The van der Waals surface area contributed by atoms with Gasteiger partial charge in [0.2, 0.25) is 63.2 Å². The van der Waals surface area contributed by atoms with E-state index in [0.29, 0.717) is 25.8 Å². The van der Waals surface area contributed by atoms with Gasteiger partial charge in [-0.3, -0.25) is 43.2 Å². The molecule has 0 bridgehead atoms. The van der Waals surface area contributed by atoms with Crippen molar-refractivity contribution in [3.63, 3.8) is 0 Å². The van der Waals surface area contributed by atoms with Gasteiger partial charge in [0.1, 0.15) is 46.8 Å². The average molecular weight is 1110 g/mol. The van der Waals surface area contributed by atoms with Crippen molar-refractivity contribution in [3.8, 4) is 0 Å². The highest BCUT2D eigenvalue weighted by atomic mass is 32.2. The first-order valence-corrected chi connectivity index (χ1v) is 29.7. The molecule has 77 heavy (non-hydrogen) atoms. The molecule has 0 aromatic carbocycles. The molecule has 0 radical (unpaired) electrons. The third-order valence-electron chi connectivity index (χ3n) is 13.1. The van der Waals surface area contributed by atoms with E-state index in [1.54, 1.807) is 0 Å². The number of nitrogens with one attached hydrogen (secondary N) is 9. The maximum absolute atomic E-state index is 14.2. The van der Waals surface area contributed by atoms with Crippen LogP contribution in [0, 0.1) is 17.8 Å². The molecule has 1 saturated heterocycles. The highest BCUT2D eigenvalue weighted by Crippen LogP contribution is 2.22. The van der Waals surface area contributed by atoms with Gasteiger partial charge in [0.05, 0.1) is 6.26 Å². The predicted molar refractivity (Wildman–Crippen MR) is 299 cm³/mol. The number of amides is 9. The second-order valence-corrected chi connectivity index (χ2v) is 26.2. The van der Waals surface area contributed by atoms with Crippen LogP contribution in [0.1, 0.15) is 180 Å². The standard InChI is InChI=1S/C54H101N11O11S/c1-18-19-20-21-22-23-25-38(57-48(71)42-26-24-29-65(42)77(17,75)76)44(67)58-40(31-35(4)5)46(69)61-53(11,12)50(73)60-39(30-34(2)3)45(68)59-41(32-36(6)7)47(70)62-54(13,14)51(74)63-52(9,10)49(72)55-28-27-43(66)56-37(8)33-64(15)16/h34-42H,18-33H2,1-17H3,(H,55,72)(H,56,66)(H,57,71)(H,58,67)(H,59,68)(H,60,73)(H,61,69)(H,62,70)(H,63,74)/t37-,38-,39-,40-,41-,42-/m0/s1. The van der Waals surface area contributed by atoms with Crippen LogP contribution >= 0.6 is 0 Å². The van der Waals surface area contributed by atoms with E-state index >= 15 is 0 Å². The van der Waals surface area contributed by atoms with Crippen molar-refractivity contribution in [3.05, 3.63) is 0 Å². The van der Waals surface area contributed by atoms with Gasteiger partial charge >= 0.3 is 0 Å². The third-order valence-corrected chi connectivity index (χ3v) is 14.4. The molecular formula is C54H101N11O11S. The summed E-state index contributed by atoms with van der Waals surface area (Å²) in [5, 5.41) is 24.8. The molecule has 9 amide bonds. The summed E-state index contributed by atoms with van der Waals surface area (Å²) in [5.74, 6) is -5.83. The second kappa shape index (κ2) is 32.2. The van der Waals surface area contributed by atoms with Crippen LogP contribution < -0.4 is 47.9 Å². The normalized spacial score (nSPS) is 16.5. The molecule has 0 aromatic heterocycles. The number of sulfonamides is 1. The largest absolute Gasteiger partial charge is 0.354 e. The molecule has 1 aliphatic heterocycles. The molecule has 444 valence electrons. The monoisotopic (exact) mass is 1110 g/mol. The van der Waals surface area contributed by atoms with Crippen molar-refractivity contribution >= 4 is 63.2 Å². The van der Waals surface area contributed by atoms with Crippen molar-refractivity contribution in [1.29, 1.82) is 0 Å². The first-order valence-electron chi connectivity index (χ1n) is 27.8. The Morgan fingerprint density at radius 1 is 0.571 bits per heavy atom. The quantitative estimate of drug-likeness (QED) is 0.0414. The van der Waals surface area contributed by atoms with E-state index in [4.69, 9.17) is 0 Å². The Labute approximate surface area is 461 Å². The van der Waals surface area contributed by atoms with Crippen LogP contribution in [0.2, 0.25) is 0 Å². The molecule has 1 aliphatic rings. The van der Waals surface area contributed by atoms with Crippen molar-refractivity contribution in [2.45, 2.75) is 233 Å². The number of hydrogen-bond acceptors (Lipinski definition) is 12. The van der Waals surface area contributed by atoms with E-state index in [1.807, 2.05) is 67.5 Å². The van der Waals surface area contributed by atoms with Crippen LogP contribution in [0.15, 0.2) is 0 Å². The number of nitrogens with zero attached hydrogens (tertiary/aromatic N) is 2. The van der Waals surface area contributed by atoms with Gasteiger partial charge in [0, 0.05) is 32.1 Å². The Kier molecular flexibility index (Phi) is 29.4. The lowest BCUT2D eigenvalue weighted by Crippen LogP contribution is -2.65. The van der Waals surface area contributed by atoms with E-state index in [1.165, 1.54) is 41.5 Å². The maximum atomic E-state index is 14.2. The smallest absolute Gasteiger partial charge is 0.246 e. The van der Waals surface area contributed by atoms with E-state index in [-0.39, 0.29) is 74.9 Å². The highest BCUT2D eigenvalue weighted by Gasteiger charge is 2.42. The van der Waals surface area contributed by atoms with Gasteiger partial charge in [-0.05, 0) is 119 Å². The zero-order valence-electron chi connectivity index (χ0n) is 49.8. The zero-order chi connectivity index (χ0) is 59.2. The van der Waals surface area contributed by atoms with Crippen LogP contribution in [0.3, 0.4) is 0 Å². The van der Waals surface area contributed by atoms with Crippen LogP contribution in [0.4, 0.5) is 0 Å². The number of hydrogen-bond donors (Lipinski definition) is 9. The van der Waals surface area contributed by atoms with Crippen LogP contribution in [0.25, 0.3) is 0 Å². The van der Waals surface area contributed by atoms with Gasteiger partial charge in [0.15, 0.2) is 0 Å². The minimum absolute atomic E-state index is 0.0257. The first kappa shape index (κ1) is 70.1. The fraction of sp³-hybridized carbons (Fsp3) is 0.833. The van der Waals surface area contributed by atoms with Crippen molar-refractivity contribution in [2.75, 3.05) is 40.0 Å². The van der Waals surface area contributed by atoms with Crippen LogP contribution in [0.5, 0.6) is 0 Å². The SMILES string of the molecule is CCCCCCCC[C@H](NC(=O)[C@@H]1CCCN1S(C)(=O)=O)C(=O)N[C@@H](CC(C)C)C(=O)NC(C)(C)C(=O)N[C@@H](CC(C)C)C(=O)N[C@@H](CC(C)C)C(=O)NC(C)(C)C(=O)NC(C)(C)C(=O)NCCC(=O)N[C@@H](C)CN(C)C. The van der Waals surface area contributed by atoms with Crippen LogP contribution in [-0.2, 0) is 53.2 Å². The fourth-order valence-electron chi connectivity index (χ4n) is 8.91. The number of rotatable bonds is 35. The van der Waals surface area contributed by atoms with Gasteiger partial charge in [-0.1, -0.05) is 87.0 Å². The molecule has 9 N–H and O–H groups in total. The first-order chi connectivity index (χ1) is 35.4. The second-order valence-electron chi connectivity index (χ2n) is 24.2. The minimum Gasteiger partial charge on any atom is -0.354 e.